The van der Waals surface area contributed by atoms with Gasteiger partial charge >= 0.3 is 0 Å². The van der Waals surface area contributed by atoms with Gasteiger partial charge in [-0.2, -0.15) is 0 Å². The van der Waals surface area contributed by atoms with E-state index in [-0.39, 0.29) is 0 Å². The largest absolute Gasteiger partial charge is 0.309 e. The molecule has 0 saturated heterocycles. The van der Waals surface area contributed by atoms with E-state index in [1.165, 1.54) is 21.6 Å². The van der Waals surface area contributed by atoms with Crippen LogP contribution >= 0.6 is 11.3 Å². The van der Waals surface area contributed by atoms with Crippen LogP contribution in [0, 0.1) is 6.92 Å². The summed E-state index contributed by atoms with van der Waals surface area (Å²) in [6.45, 7) is 4.37. The fourth-order valence-electron chi connectivity index (χ4n) is 2.25. The SMILES string of the molecule is CCc1ccccc1C(NC)c1csc(C)c1. The van der Waals surface area contributed by atoms with Gasteiger partial charge in [0.25, 0.3) is 0 Å². The van der Waals surface area contributed by atoms with Crippen LogP contribution in [0.1, 0.15) is 34.5 Å². The van der Waals surface area contributed by atoms with Crippen molar-refractivity contribution in [3.8, 4) is 0 Å². The monoisotopic (exact) mass is 245 g/mol. The molecule has 0 aliphatic heterocycles. The number of rotatable bonds is 4. The van der Waals surface area contributed by atoms with Gasteiger partial charge in [-0.05, 0) is 48.5 Å². The molecule has 0 saturated carbocycles. The molecule has 90 valence electrons. The molecule has 2 rings (SSSR count). The lowest BCUT2D eigenvalue weighted by molar-refractivity contribution is 0.686. The summed E-state index contributed by atoms with van der Waals surface area (Å²) < 4.78 is 0. The van der Waals surface area contributed by atoms with E-state index in [1.54, 1.807) is 0 Å². The van der Waals surface area contributed by atoms with Crippen LogP contribution < -0.4 is 5.32 Å². The Morgan fingerprint density at radius 1 is 1.29 bits per heavy atom. The number of aryl methyl sites for hydroxylation is 2. The number of hydrogen-bond acceptors (Lipinski definition) is 2. The fourth-order valence-corrected chi connectivity index (χ4v) is 2.98. The zero-order chi connectivity index (χ0) is 12.3. The van der Waals surface area contributed by atoms with Crippen LogP contribution in [0.2, 0.25) is 0 Å². The summed E-state index contributed by atoms with van der Waals surface area (Å²) >= 11 is 1.82. The third kappa shape index (κ3) is 2.59. The lowest BCUT2D eigenvalue weighted by Gasteiger charge is -2.18. The first-order chi connectivity index (χ1) is 8.26. The summed E-state index contributed by atoms with van der Waals surface area (Å²) in [7, 11) is 2.03. The van der Waals surface area contributed by atoms with Gasteiger partial charge in [-0.15, -0.1) is 11.3 Å². The Balaban J connectivity index is 2.41. The average molecular weight is 245 g/mol. The first kappa shape index (κ1) is 12.3. The molecule has 1 N–H and O–H groups in total. The Kier molecular flexibility index (Phi) is 3.97. The van der Waals surface area contributed by atoms with Crippen LogP contribution in [0.5, 0.6) is 0 Å². The maximum absolute atomic E-state index is 3.43. The molecule has 0 fully saturated rings. The third-order valence-corrected chi connectivity index (χ3v) is 4.00. The predicted octanol–water partition coefficient (Wildman–Crippen LogP) is 3.93. The number of hydrogen-bond donors (Lipinski definition) is 1. The molecule has 17 heavy (non-hydrogen) atoms. The fraction of sp³-hybridized carbons (Fsp3) is 0.333. The van der Waals surface area contributed by atoms with Crippen LogP contribution in [-0.4, -0.2) is 7.05 Å². The molecule has 0 amide bonds. The van der Waals surface area contributed by atoms with Crippen molar-refractivity contribution >= 4 is 11.3 Å². The van der Waals surface area contributed by atoms with Gasteiger partial charge in [0.15, 0.2) is 0 Å². The van der Waals surface area contributed by atoms with E-state index in [0.29, 0.717) is 6.04 Å². The van der Waals surface area contributed by atoms with E-state index >= 15 is 0 Å². The molecule has 0 aliphatic rings. The molecular formula is C15H19NS. The highest BCUT2D eigenvalue weighted by Gasteiger charge is 2.15. The average Bonchev–Trinajstić information content (AvgIpc) is 2.77. The van der Waals surface area contributed by atoms with Crippen LogP contribution in [0.4, 0.5) is 0 Å². The van der Waals surface area contributed by atoms with E-state index in [1.807, 2.05) is 18.4 Å². The van der Waals surface area contributed by atoms with Crippen molar-refractivity contribution in [2.45, 2.75) is 26.3 Å². The quantitative estimate of drug-likeness (QED) is 0.860. The molecule has 1 nitrogen and oxygen atoms in total. The molecule has 0 bridgehead atoms. The summed E-state index contributed by atoms with van der Waals surface area (Å²) in [5.41, 5.74) is 4.20. The van der Waals surface area contributed by atoms with Gasteiger partial charge < -0.3 is 5.32 Å². The number of nitrogens with one attached hydrogen (secondary N) is 1. The highest BCUT2D eigenvalue weighted by Crippen LogP contribution is 2.28. The smallest absolute Gasteiger partial charge is 0.0585 e. The van der Waals surface area contributed by atoms with Gasteiger partial charge in [-0.3, -0.25) is 0 Å². The minimum absolute atomic E-state index is 0.316. The van der Waals surface area contributed by atoms with Crippen LogP contribution in [0.3, 0.4) is 0 Å². The third-order valence-electron chi connectivity index (χ3n) is 3.12. The first-order valence-corrected chi connectivity index (χ1v) is 6.94. The van der Waals surface area contributed by atoms with Crippen molar-refractivity contribution in [1.29, 1.82) is 0 Å². The van der Waals surface area contributed by atoms with E-state index in [4.69, 9.17) is 0 Å². The lowest BCUT2D eigenvalue weighted by Crippen LogP contribution is -2.18. The number of thiophene rings is 1. The van der Waals surface area contributed by atoms with Gasteiger partial charge in [0.1, 0.15) is 0 Å². The van der Waals surface area contributed by atoms with Gasteiger partial charge in [-0.1, -0.05) is 31.2 Å². The van der Waals surface area contributed by atoms with Crippen molar-refractivity contribution < 1.29 is 0 Å². The maximum Gasteiger partial charge on any atom is 0.0585 e. The number of benzene rings is 1. The van der Waals surface area contributed by atoms with Crippen molar-refractivity contribution in [2.24, 2.45) is 0 Å². The summed E-state index contributed by atoms with van der Waals surface area (Å²) in [5, 5.41) is 5.68. The normalized spacial score (nSPS) is 12.6. The Morgan fingerprint density at radius 3 is 2.65 bits per heavy atom. The van der Waals surface area contributed by atoms with Crippen molar-refractivity contribution in [3.63, 3.8) is 0 Å². The molecule has 2 aromatic rings. The van der Waals surface area contributed by atoms with Gasteiger partial charge in [-0.25, -0.2) is 0 Å². The van der Waals surface area contributed by atoms with Crippen molar-refractivity contribution in [1.82, 2.24) is 5.32 Å². The molecule has 2 heteroatoms. The van der Waals surface area contributed by atoms with E-state index in [9.17, 15) is 0 Å². The molecular weight excluding hydrogens is 226 g/mol. The topological polar surface area (TPSA) is 12.0 Å². The second-order valence-corrected chi connectivity index (χ2v) is 5.38. The Bertz CT molecular complexity index is 487. The van der Waals surface area contributed by atoms with Crippen molar-refractivity contribution in [3.05, 3.63) is 57.3 Å². The molecule has 0 spiro atoms. The molecule has 1 heterocycles. The van der Waals surface area contributed by atoms with E-state index in [0.717, 1.165) is 6.42 Å². The summed E-state index contributed by atoms with van der Waals surface area (Å²) in [6, 6.07) is 11.3. The minimum Gasteiger partial charge on any atom is -0.309 e. The highest BCUT2D eigenvalue weighted by molar-refractivity contribution is 7.10. The minimum atomic E-state index is 0.316. The Labute approximate surface area is 108 Å². The summed E-state index contributed by atoms with van der Waals surface area (Å²) in [4.78, 5) is 1.37. The standard InChI is InChI=1S/C15H19NS/c1-4-12-7-5-6-8-14(12)15(16-3)13-9-11(2)17-10-13/h5-10,15-16H,4H2,1-3H3. The molecule has 1 aromatic heterocycles. The van der Waals surface area contributed by atoms with E-state index in [2.05, 4.69) is 54.9 Å². The molecule has 0 radical (unpaired) electrons. The van der Waals surface area contributed by atoms with E-state index < -0.39 is 0 Å². The molecule has 1 atom stereocenters. The molecule has 1 unspecified atom stereocenters. The maximum atomic E-state index is 3.43. The molecule has 0 aliphatic carbocycles. The Hall–Kier alpha value is -1.12. The second-order valence-electron chi connectivity index (χ2n) is 4.26. The zero-order valence-corrected chi connectivity index (χ0v) is 11.5. The van der Waals surface area contributed by atoms with Gasteiger partial charge in [0.2, 0.25) is 0 Å². The lowest BCUT2D eigenvalue weighted by atomic mass is 9.95. The van der Waals surface area contributed by atoms with Crippen molar-refractivity contribution in [2.75, 3.05) is 7.05 Å². The van der Waals surface area contributed by atoms with Crippen LogP contribution in [0.15, 0.2) is 35.7 Å². The van der Waals surface area contributed by atoms with Crippen LogP contribution in [0.25, 0.3) is 0 Å². The highest BCUT2D eigenvalue weighted by atomic mass is 32.1. The first-order valence-electron chi connectivity index (χ1n) is 6.06. The Morgan fingerprint density at radius 2 is 2.06 bits per heavy atom. The van der Waals surface area contributed by atoms with Crippen LogP contribution in [-0.2, 0) is 6.42 Å². The predicted molar refractivity (Wildman–Crippen MR) is 75.8 cm³/mol. The molecule has 1 aromatic carbocycles. The summed E-state index contributed by atoms with van der Waals surface area (Å²) in [6.07, 6.45) is 1.08. The van der Waals surface area contributed by atoms with Gasteiger partial charge in [0.05, 0.1) is 6.04 Å². The van der Waals surface area contributed by atoms with Gasteiger partial charge in [0, 0.05) is 4.88 Å². The second kappa shape index (κ2) is 5.48. The summed E-state index contributed by atoms with van der Waals surface area (Å²) in [5.74, 6) is 0. The zero-order valence-electron chi connectivity index (χ0n) is 10.7.